The molecular formula is C9H13NS. The van der Waals surface area contributed by atoms with Crippen LogP contribution in [0.1, 0.15) is 23.3 Å². The molecule has 1 aromatic rings. The van der Waals surface area contributed by atoms with Crippen LogP contribution in [0.25, 0.3) is 0 Å². The van der Waals surface area contributed by atoms with Gasteiger partial charge in [0.2, 0.25) is 0 Å². The third-order valence-corrected chi connectivity index (χ3v) is 2.00. The second-order valence-corrected chi connectivity index (χ2v) is 3.35. The van der Waals surface area contributed by atoms with Crippen LogP contribution in [0.3, 0.4) is 0 Å². The minimum absolute atomic E-state index is 0.273. The van der Waals surface area contributed by atoms with Gasteiger partial charge in [0.1, 0.15) is 0 Å². The molecule has 2 N–H and O–H groups in total. The Bertz CT molecular complexity index is 233. The molecule has 1 atom stereocenters. The highest BCUT2D eigenvalue weighted by Gasteiger charge is 2.03. The topological polar surface area (TPSA) is 26.0 Å². The van der Waals surface area contributed by atoms with E-state index in [2.05, 4.69) is 25.6 Å². The van der Waals surface area contributed by atoms with E-state index >= 15 is 0 Å². The largest absolute Gasteiger partial charge is 0.326 e. The van der Waals surface area contributed by atoms with Gasteiger partial charge in [0.15, 0.2) is 0 Å². The Labute approximate surface area is 73.0 Å². The highest BCUT2D eigenvalue weighted by Crippen LogP contribution is 2.21. The van der Waals surface area contributed by atoms with Crippen LogP contribution < -0.4 is 5.73 Å². The van der Waals surface area contributed by atoms with Crippen molar-refractivity contribution in [3.63, 3.8) is 0 Å². The smallest absolute Gasteiger partial charge is 0.0242 e. The summed E-state index contributed by atoms with van der Waals surface area (Å²) in [6.07, 6.45) is 0. The molecule has 0 amide bonds. The predicted octanol–water partition coefficient (Wildman–Crippen LogP) is 2.14. The molecular weight excluding hydrogens is 154 g/mol. The first-order valence-corrected chi connectivity index (χ1v) is 4.23. The zero-order chi connectivity index (χ0) is 8.27. The van der Waals surface area contributed by atoms with E-state index in [1.54, 1.807) is 0 Å². The first-order valence-electron chi connectivity index (χ1n) is 3.71. The van der Waals surface area contributed by atoms with Gasteiger partial charge in [0.25, 0.3) is 0 Å². The minimum Gasteiger partial charge on any atom is -0.326 e. The van der Waals surface area contributed by atoms with Crippen LogP contribution >= 0.6 is 12.6 Å². The normalized spacial score (nSPS) is 13.0. The predicted molar refractivity (Wildman–Crippen MR) is 51.7 cm³/mol. The second kappa shape index (κ2) is 3.79. The van der Waals surface area contributed by atoms with Crippen molar-refractivity contribution in [1.82, 2.24) is 0 Å². The van der Waals surface area contributed by atoms with Crippen LogP contribution in [-0.4, -0.2) is 0 Å². The van der Waals surface area contributed by atoms with Gasteiger partial charge >= 0.3 is 0 Å². The van der Waals surface area contributed by atoms with Gasteiger partial charge in [0.05, 0.1) is 0 Å². The molecule has 0 aromatic heterocycles. The lowest BCUT2D eigenvalue weighted by Gasteiger charge is -2.09. The third-order valence-electron chi connectivity index (χ3n) is 1.73. The molecule has 0 aliphatic rings. The summed E-state index contributed by atoms with van der Waals surface area (Å²) in [6, 6.07) is 8.13. The lowest BCUT2D eigenvalue weighted by molar-refractivity contribution is 0.994. The fraction of sp³-hybridized carbons (Fsp3) is 0.333. The number of nitrogens with two attached hydrogens (primary N) is 1. The fourth-order valence-electron chi connectivity index (χ4n) is 1.13. The third kappa shape index (κ3) is 1.98. The van der Waals surface area contributed by atoms with Gasteiger partial charge in [-0.05, 0) is 18.1 Å². The SMILES string of the molecule is CC(S)c1ccccc1CN. The molecule has 0 radical (unpaired) electrons. The van der Waals surface area contributed by atoms with E-state index in [0.29, 0.717) is 6.54 Å². The molecule has 0 heterocycles. The highest BCUT2D eigenvalue weighted by molar-refractivity contribution is 7.80. The van der Waals surface area contributed by atoms with E-state index in [9.17, 15) is 0 Å². The van der Waals surface area contributed by atoms with Gasteiger partial charge in [-0.15, -0.1) is 0 Å². The van der Waals surface area contributed by atoms with E-state index < -0.39 is 0 Å². The Hall–Kier alpha value is -0.470. The molecule has 0 aliphatic carbocycles. The van der Waals surface area contributed by atoms with E-state index in [1.165, 1.54) is 11.1 Å². The van der Waals surface area contributed by atoms with Crippen molar-refractivity contribution in [3.8, 4) is 0 Å². The number of rotatable bonds is 2. The number of hydrogen-bond acceptors (Lipinski definition) is 2. The molecule has 1 aromatic carbocycles. The van der Waals surface area contributed by atoms with E-state index in [-0.39, 0.29) is 5.25 Å². The molecule has 0 saturated heterocycles. The average molecular weight is 167 g/mol. The van der Waals surface area contributed by atoms with Crippen molar-refractivity contribution < 1.29 is 0 Å². The Kier molecular flexibility index (Phi) is 2.97. The van der Waals surface area contributed by atoms with Crippen LogP contribution in [0.5, 0.6) is 0 Å². The molecule has 0 aliphatic heterocycles. The van der Waals surface area contributed by atoms with Crippen molar-refractivity contribution in [2.75, 3.05) is 0 Å². The summed E-state index contributed by atoms with van der Waals surface area (Å²) in [4.78, 5) is 0. The Balaban J connectivity index is 3.02. The molecule has 1 rings (SSSR count). The quantitative estimate of drug-likeness (QED) is 0.648. The number of thiol groups is 1. The van der Waals surface area contributed by atoms with Gasteiger partial charge in [-0.25, -0.2) is 0 Å². The molecule has 1 unspecified atom stereocenters. The van der Waals surface area contributed by atoms with Gasteiger partial charge in [-0.3, -0.25) is 0 Å². The molecule has 60 valence electrons. The molecule has 2 heteroatoms. The van der Waals surface area contributed by atoms with Crippen LogP contribution in [0.4, 0.5) is 0 Å². The summed E-state index contributed by atoms with van der Waals surface area (Å²) in [5.74, 6) is 0. The molecule has 0 bridgehead atoms. The fourth-order valence-corrected chi connectivity index (χ4v) is 1.38. The van der Waals surface area contributed by atoms with Gasteiger partial charge in [-0.1, -0.05) is 24.3 Å². The zero-order valence-electron chi connectivity index (χ0n) is 6.62. The summed E-state index contributed by atoms with van der Waals surface area (Å²) >= 11 is 4.36. The maximum Gasteiger partial charge on any atom is 0.0242 e. The van der Waals surface area contributed by atoms with Crippen molar-refractivity contribution in [2.24, 2.45) is 5.73 Å². The molecule has 11 heavy (non-hydrogen) atoms. The number of hydrogen-bond donors (Lipinski definition) is 2. The second-order valence-electron chi connectivity index (χ2n) is 2.58. The van der Waals surface area contributed by atoms with Crippen molar-refractivity contribution >= 4 is 12.6 Å². The van der Waals surface area contributed by atoms with Crippen LogP contribution in [0.2, 0.25) is 0 Å². The standard InChI is InChI=1S/C9H13NS/c1-7(11)9-5-3-2-4-8(9)6-10/h2-5,7,11H,6,10H2,1H3. The molecule has 0 fully saturated rings. The van der Waals surface area contributed by atoms with Crippen LogP contribution in [-0.2, 0) is 6.54 Å². The molecule has 0 spiro atoms. The minimum atomic E-state index is 0.273. The number of benzene rings is 1. The highest BCUT2D eigenvalue weighted by atomic mass is 32.1. The molecule has 1 nitrogen and oxygen atoms in total. The van der Waals surface area contributed by atoms with Crippen LogP contribution in [0, 0.1) is 0 Å². The Morgan fingerprint density at radius 2 is 2.09 bits per heavy atom. The van der Waals surface area contributed by atoms with Gasteiger partial charge in [-0.2, -0.15) is 12.6 Å². The Morgan fingerprint density at radius 1 is 1.45 bits per heavy atom. The van der Waals surface area contributed by atoms with Gasteiger partial charge in [0, 0.05) is 11.8 Å². The molecule has 0 saturated carbocycles. The van der Waals surface area contributed by atoms with Crippen molar-refractivity contribution in [2.45, 2.75) is 18.7 Å². The summed E-state index contributed by atoms with van der Waals surface area (Å²) in [6.45, 7) is 2.65. The van der Waals surface area contributed by atoms with E-state index in [4.69, 9.17) is 5.73 Å². The van der Waals surface area contributed by atoms with Crippen molar-refractivity contribution in [1.29, 1.82) is 0 Å². The van der Waals surface area contributed by atoms with Crippen LogP contribution in [0.15, 0.2) is 24.3 Å². The lowest BCUT2D eigenvalue weighted by atomic mass is 10.1. The first kappa shape index (κ1) is 8.62. The zero-order valence-corrected chi connectivity index (χ0v) is 7.51. The summed E-state index contributed by atoms with van der Waals surface area (Å²) < 4.78 is 0. The average Bonchev–Trinajstić information content (AvgIpc) is 2.04. The summed E-state index contributed by atoms with van der Waals surface area (Å²) in [7, 11) is 0. The van der Waals surface area contributed by atoms with E-state index in [0.717, 1.165) is 0 Å². The Morgan fingerprint density at radius 3 is 2.55 bits per heavy atom. The maximum atomic E-state index is 5.55. The van der Waals surface area contributed by atoms with E-state index in [1.807, 2.05) is 18.2 Å². The van der Waals surface area contributed by atoms with Crippen molar-refractivity contribution in [3.05, 3.63) is 35.4 Å². The van der Waals surface area contributed by atoms with Gasteiger partial charge < -0.3 is 5.73 Å². The monoisotopic (exact) mass is 167 g/mol. The maximum absolute atomic E-state index is 5.55. The first-order chi connectivity index (χ1) is 5.25. The summed E-state index contributed by atoms with van der Waals surface area (Å²) in [5.41, 5.74) is 7.98. The summed E-state index contributed by atoms with van der Waals surface area (Å²) in [5, 5.41) is 0.273. The lowest BCUT2D eigenvalue weighted by Crippen LogP contribution is -2.01.